The van der Waals surface area contributed by atoms with E-state index in [1.807, 2.05) is 0 Å². The third-order valence-electron chi connectivity index (χ3n) is 4.28. The van der Waals surface area contributed by atoms with E-state index in [2.05, 4.69) is 0 Å². The van der Waals surface area contributed by atoms with Crippen molar-refractivity contribution in [2.45, 2.75) is 55.6 Å². The molecule has 1 saturated carbocycles. The molecule has 0 aliphatic heterocycles. The number of carboxylic acid groups (broad SMARTS) is 1. The van der Waals surface area contributed by atoms with Crippen LogP contribution in [0.4, 0.5) is 5.69 Å². The van der Waals surface area contributed by atoms with Crippen LogP contribution >= 0.6 is 0 Å². The molecule has 0 amide bonds. The lowest BCUT2D eigenvalue weighted by Gasteiger charge is -2.16. The predicted molar refractivity (Wildman–Crippen MR) is 83.5 cm³/mol. The average Bonchev–Trinajstić information content (AvgIpc) is 2.75. The van der Waals surface area contributed by atoms with Crippen LogP contribution in [0.1, 0.15) is 54.4 Å². The zero-order chi connectivity index (χ0) is 17.2. The Morgan fingerprint density at radius 2 is 1.78 bits per heavy atom. The number of hydrogen-bond acceptors (Lipinski definition) is 5. The molecule has 126 valence electrons. The lowest BCUT2D eigenvalue weighted by Crippen LogP contribution is -2.22. The van der Waals surface area contributed by atoms with Crippen LogP contribution in [0.25, 0.3) is 0 Å². The Labute approximate surface area is 134 Å². The van der Waals surface area contributed by atoms with Gasteiger partial charge in [0.2, 0.25) is 0 Å². The SMILES string of the molecule is Cc1cc(S(=O)(=O)C2CCCCCC2)c([N+](=O)[O-])cc1C(=O)O. The molecule has 0 heterocycles. The molecule has 1 aromatic rings. The molecule has 1 fully saturated rings. The number of aromatic carboxylic acids is 1. The van der Waals surface area contributed by atoms with Gasteiger partial charge in [-0.15, -0.1) is 0 Å². The topological polar surface area (TPSA) is 115 Å². The molecule has 0 saturated heterocycles. The number of sulfone groups is 1. The average molecular weight is 341 g/mol. The summed E-state index contributed by atoms with van der Waals surface area (Å²) in [7, 11) is -3.86. The molecule has 1 aromatic carbocycles. The summed E-state index contributed by atoms with van der Waals surface area (Å²) in [6.07, 6.45) is 4.46. The van der Waals surface area contributed by atoms with E-state index in [-0.39, 0.29) is 16.0 Å². The van der Waals surface area contributed by atoms with E-state index in [9.17, 15) is 23.3 Å². The second kappa shape index (κ2) is 6.66. The molecule has 7 nitrogen and oxygen atoms in total. The molecule has 1 aliphatic carbocycles. The summed E-state index contributed by atoms with van der Waals surface area (Å²) in [6.45, 7) is 1.44. The van der Waals surface area contributed by atoms with Gasteiger partial charge >= 0.3 is 5.97 Å². The highest BCUT2D eigenvalue weighted by molar-refractivity contribution is 7.92. The summed E-state index contributed by atoms with van der Waals surface area (Å²) >= 11 is 0. The number of nitrogens with zero attached hydrogens (tertiary/aromatic N) is 1. The molecular weight excluding hydrogens is 322 g/mol. The van der Waals surface area contributed by atoms with Gasteiger partial charge in [0.05, 0.1) is 15.7 Å². The Bertz CT molecular complexity index is 733. The molecular formula is C15H19NO6S. The fraction of sp³-hybridized carbons (Fsp3) is 0.533. The largest absolute Gasteiger partial charge is 0.478 e. The number of hydrogen-bond donors (Lipinski definition) is 1. The summed E-state index contributed by atoms with van der Waals surface area (Å²) < 4.78 is 25.7. The third-order valence-corrected chi connectivity index (χ3v) is 6.57. The number of carboxylic acids is 1. The van der Waals surface area contributed by atoms with Crippen LogP contribution < -0.4 is 0 Å². The molecule has 0 bridgehead atoms. The second-order valence-electron chi connectivity index (χ2n) is 5.86. The monoisotopic (exact) mass is 341 g/mol. The summed E-state index contributed by atoms with van der Waals surface area (Å²) in [4.78, 5) is 21.2. The second-order valence-corrected chi connectivity index (χ2v) is 8.05. The van der Waals surface area contributed by atoms with Crippen molar-refractivity contribution < 1.29 is 23.2 Å². The molecule has 23 heavy (non-hydrogen) atoms. The first-order valence-corrected chi connectivity index (χ1v) is 9.06. The maximum atomic E-state index is 12.8. The highest BCUT2D eigenvalue weighted by Crippen LogP contribution is 2.34. The summed E-state index contributed by atoms with van der Waals surface area (Å²) in [5.41, 5.74) is -0.705. The van der Waals surface area contributed by atoms with Crippen molar-refractivity contribution in [1.82, 2.24) is 0 Å². The molecule has 8 heteroatoms. The first-order chi connectivity index (χ1) is 10.7. The van der Waals surface area contributed by atoms with Crippen LogP contribution in [-0.2, 0) is 9.84 Å². The highest BCUT2D eigenvalue weighted by Gasteiger charge is 2.35. The van der Waals surface area contributed by atoms with Gasteiger partial charge in [0.15, 0.2) is 9.84 Å². The number of benzene rings is 1. The van der Waals surface area contributed by atoms with Crippen LogP contribution in [0.5, 0.6) is 0 Å². The number of nitro benzene ring substituents is 1. The molecule has 0 spiro atoms. The van der Waals surface area contributed by atoms with Gasteiger partial charge in [0.1, 0.15) is 4.90 Å². The van der Waals surface area contributed by atoms with Crippen molar-refractivity contribution in [2.24, 2.45) is 0 Å². The Balaban J connectivity index is 2.58. The van der Waals surface area contributed by atoms with E-state index in [1.165, 1.54) is 6.92 Å². The van der Waals surface area contributed by atoms with Gasteiger partial charge in [-0.1, -0.05) is 25.7 Å². The first kappa shape index (κ1) is 17.4. The summed E-state index contributed by atoms with van der Waals surface area (Å²) in [6, 6.07) is 1.98. The van der Waals surface area contributed by atoms with Gasteiger partial charge in [-0.25, -0.2) is 13.2 Å². The van der Waals surface area contributed by atoms with Crippen molar-refractivity contribution in [1.29, 1.82) is 0 Å². The number of nitro groups is 1. The van der Waals surface area contributed by atoms with E-state index in [4.69, 9.17) is 5.11 Å². The first-order valence-electron chi connectivity index (χ1n) is 7.51. The van der Waals surface area contributed by atoms with Crippen LogP contribution in [0.15, 0.2) is 17.0 Å². The number of carbonyl (C=O) groups is 1. The smallest absolute Gasteiger partial charge is 0.336 e. The zero-order valence-electron chi connectivity index (χ0n) is 12.8. The van der Waals surface area contributed by atoms with Crippen LogP contribution in [0.3, 0.4) is 0 Å². The Hall–Kier alpha value is -1.96. The molecule has 0 radical (unpaired) electrons. The van der Waals surface area contributed by atoms with Crippen LogP contribution in [0.2, 0.25) is 0 Å². The van der Waals surface area contributed by atoms with E-state index in [1.54, 1.807) is 0 Å². The van der Waals surface area contributed by atoms with Crippen molar-refractivity contribution in [3.63, 3.8) is 0 Å². The van der Waals surface area contributed by atoms with E-state index < -0.39 is 31.7 Å². The Morgan fingerprint density at radius 3 is 2.26 bits per heavy atom. The molecule has 0 aromatic heterocycles. The quantitative estimate of drug-likeness (QED) is 0.511. The minimum atomic E-state index is -3.86. The zero-order valence-corrected chi connectivity index (χ0v) is 13.6. The maximum absolute atomic E-state index is 12.8. The van der Waals surface area contributed by atoms with Crippen molar-refractivity contribution in [2.75, 3.05) is 0 Å². The lowest BCUT2D eigenvalue weighted by atomic mass is 10.1. The van der Waals surface area contributed by atoms with E-state index >= 15 is 0 Å². The predicted octanol–water partition coefficient (Wildman–Crippen LogP) is 3.10. The lowest BCUT2D eigenvalue weighted by molar-refractivity contribution is -0.387. The highest BCUT2D eigenvalue weighted by atomic mass is 32.2. The molecule has 0 atom stereocenters. The standard InChI is InChI=1S/C15H19NO6S/c1-10-8-14(13(16(19)20)9-12(10)15(17)18)23(21,22)11-6-4-2-3-5-7-11/h8-9,11H,2-7H2,1H3,(H,17,18). The van der Waals surface area contributed by atoms with Crippen LogP contribution in [-0.4, -0.2) is 29.7 Å². The fourth-order valence-electron chi connectivity index (χ4n) is 3.00. The van der Waals surface area contributed by atoms with Crippen molar-refractivity contribution in [3.05, 3.63) is 33.4 Å². The number of rotatable bonds is 4. The molecule has 0 unspecified atom stereocenters. The third kappa shape index (κ3) is 3.52. The normalized spacial score (nSPS) is 16.7. The summed E-state index contributed by atoms with van der Waals surface area (Å²) in [5.74, 6) is -1.32. The summed E-state index contributed by atoms with van der Waals surface area (Å²) in [5, 5.41) is 19.7. The van der Waals surface area contributed by atoms with Crippen LogP contribution in [0, 0.1) is 17.0 Å². The van der Waals surface area contributed by atoms with Gasteiger partial charge in [-0.3, -0.25) is 10.1 Å². The molecule has 2 rings (SSSR count). The number of aryl methyl sites for hydroxylation is 1. The molecule has 1 aliphatic rings. The van der Waals surface area contributed by atoms with Gasteiger partial charge in [0, 0.05) is 6.07 Å². The fourth-order valence-corrected chi connectivity index (χ4v) is 5.08. The van der Waals surface area contributed by atoms with E-state index in [0.29, 0.717) is 12.8 Å². The minimum Gasteiger partial charge on any atom is -0.478 e. The van der Waals surface area contributed by atoms with Gasteiger partial charge < -0.3 is 5.11 Å². The molecule has 1 N–H and O–H groups in total. The van der Waals surface area contributed by atoms with Gasteiger partial charge in [-0.2, -0.15) is 0 Å². The maximum Gasteiger partial charge on any atom is 0.336 e. The van der Waals surface area contributed by atoms with Gasteiger partial charge in [0.25, 0.3) is 5.69 Å². The minimum absolute atomic E-state index is 0.204. The van der Waals surface area contributed by atoms with Crippen molar-refractivity contribution in [3.8, 4) is 0 Å². The van der Waals surface area contributed by atoms with E-state index in [0.717, 1.165) is 37.8 Å². The Morgan fingerprint density at radius 1 is 1.22 bits per heavy atom. The Kier molecular flexibility index (Phi) is 5.03. The van der Waals surface area contributed by atoms with Gasteiger partial charge in [-0.05, 0) is 31.4 Å². The van der Waals surface area contributed by atoms with Crippen molar-refractivity contribution >= 4 is 21.5 Å².